The van der Waals surface area contributed by atoms with Crippen LogP contribution in [-0.4, -0.2) is 59.2 Å². The van der Waals surface area contributed by atoms with Crippen LogP contribution in [0.2, 0.25) is 0 Å². The lowest BCUT2D eigenvalue weighted by molar-refractivity contribution is 0.0561. The minimum atomic E-state index is -0.609. The Morgan fingerprint density at radius 2 is 1.62 bits per heavy atom. The molecule has 0 saturated carbocycles. The molecule has 2 aromatic rings. The molecule has 172 valence electrons. The van der Waals surface area contributed by atoms with Crippen LogP contribution in [0.1, 0.15) is 52.6 Å². The van der Waals surface area contributed by atoms with Crippen molar-refractivity contribution in [3.05, 3.63) is 57.9 Å². The van der Waals surface area contributed by atoms with Crippen molar-refractivity contribution >= 4 is 12.0 Å². The lowest BCUT2D eigenvalue weighted by Gasteiger charge is -2.34. The van der Waals surface area contributed by atoms with Crippen molar-refractivity contribution in [1.29, 1.82) is 0 Å². The van der Waals surface area contributed by atoms with Crippen LogP contribution in [0.15, 0.2) is 18.2 Å². The van der Waals surface area contributed by atoms with Gasteiger partial charge in [-0.25, -0.2) is 13.6 Å². The smallest absolute Gasteiger partial charge is 0.409 e. The Kier molecular flexibility index (Phi) is 6.48. The Morgan fingerprint density at radius 1 is 1.00 bits per heavy atom. The topological polar surface area (TPSA) is 54.8 Å². The van der Waals surface area contributed by atoms with Gasteiger partial charge >= 0.3 is 6.09 Å². The van der Waals surface area contributed by atoms with Crippen LogP contribution in [0.25, 0.3) is 0 Å². The highest BCUT2D eigenvalue weighted by atomic mass is 19.1. The number of halogens is 2. The summed E-state index contributed by atoms with van der Waals surface area (Å²) in [6.07, 6.45) is 3.31. The summed E-state index contributed by atoms with van der Waals surface area (Å²) in [7, 11) is 0. The normalized spacial score (nSPS) is 16.1. The quantitative estimate of drug-likeness (QED) is 0.717. The van der Waals surface area contributed by atoms with Crippen LogP contribution in [-0.2, 0) is 24.1 Å². The first-order chi connectivity index (χ1) is 15.4. The molecule has 1 aliphatic carbocycles. The molecule has 2 amide bonds. The summed E-state index contributed by atoms with van der Waals surface area (Å²) in [5.41, 5.74) is 3.50. The van der Waals surface area contributed by atoms with Gasteiger partial charge in [-0.05, 0) is 62.8 Å². The SMILES string of the molecule is CCOC(=O)N1CCN(C(=O)c2c(C)c3c(n2Cc2c(F)cccc2F)CCCC3)CC1. The maximum absolute atomic E-state index is 14.4. The van der Waals surface area contributed by atoms with Crippen molar-refractivity contribution in [2.24, 2.45) is 0 Å². The molecule has 1 aliphatic heterocycles. The van der Waals surface area contributed by atoms with Crippen molar-refractivity contribution in [1.82, 2.24) is 14.4 Å². The number of benzene rings is 1. The standard InChI is InChI=1S/C24H29F2N3O3/c1-3-32-24(31)28-13-11-27(12-14-28)23(30)22-16(2)17-7-4-5-10-21(17)29(22)15-18-19(25)8-6-9-20(18)26/h6,8-9H,3-5,7,10-15H2,1-2H3. The van der Waals surface area contributed by atoms with Crippen molar-refractivity contribution < 1.29 is 23.1 Å². The van der Waals surface area contributed by atoms with Gasteiger partial charge in [0, 0.05) is 37.4 Å². The number of hydrogen-bond acceptors (Lipinski definition) is 3. The van der Waals surface area contributed by atoms with Gasteiger partial charge < -0.3 is 19.1 Å². The van der Waals surface area contributed by atoms with Gasteiger partial charge in [0.05, 0.1) is 13.2 Å². The van der Waals surface area contributed by atoms with E-state index in [1.165, 1.54) is 18.2 Å². The van der Waals surface area contributed by atoms with Gasteiger partial charge in [0.25, 0.3) is 5.91 Å². The fourth-order valence-electron chi connectivity index (χ4n) is 4.82. The molecule has 1 aromatic carbocycles. The number of aromatic nitrogens is 1. The molecule has 0 radical (unpaired) electrons. The molecule has 32 heavy (non-hydrogen) atoms. The van der Waals surface area contributed by atoms with Gasteiger partial charge in [-0.3, -0.25) is 4.79 Å². The molecular formula is C24H29F2N3O3. The summed E-state index contributed by atoms with van der Waals surface area (Å²) in [6, 6.07) is 3.84. The van der Waals surface area contributed by atoms with Gasteiger partial charge in [-0.2, -0.15) is 0 Å². The largest absolute Gasteiger partial charge is 0.450 e. The second kappa shape index (κ2) is 9.30. The molecule has 4 rings (SSSR count). The monoisotopic (exact) mass is 445 g/mol. The van der Waals surface area contributed by atoms with E-state index in [4.69, 9.17) is 4.74 Å². The number of carbonyl (C=O) groups excluding carboxylic acids is 2. The first-order valence-electron chi connectivity index (χ1n) is 11.3. The summed E-state index contributed by atoms with van der Waals surface area (Å²) in [6.45, 7) is 5.55. The summed E-state index contributed by atoms with van der Waals surface area (Å²) in [4.78, 5) is 28.9. The molecule has 0 atom stereocenters. The second-order valence-electron chi connectivity index (χ2n) is 8.37. The van der Waals surface area contributed by atoms with Gasteiger partial charge in [0.15, 0.2) is 0 Å². The van der Waals surface area contributed by atoms with E-state index in [0.29, 0.717) is 38.5 Å². The van der Waals surface area contributed by atoms with Crippen LogP contribution in [0.3, 0.4) is 0 Å². The van der Waals surface area contributed by atoms with Crippen LogP contribution in [0.5, 0.6) is 0 Å². The highest BCUT2D eigenvalue weighted by Crippen LogP contribution is 2.32. The van der Waals surface area contributed by atoms with Crippen molar-refractivity contribution in [2.45, 2.75) is 46.1 Å². The summed E-state index contributed by atoms with van der Waals surface area (Å²) in [5, 5.41) is 0. The van der Waals surface area contributed by atoms with E-state index in [9.17, 15) is 18.4 Å². The third-order valence-electron chi connectivity index (χ3n) is 6.52. The average Bonchev–Trinajstić information content (AvgIpc) is 3.08. The summed E-state index contributed by atoms with van der Waals surface area (Å²) in [5.74, 6) is -1.37. The third kappa shape index (κ3) is 4.10. The minimum Gasteiger partial charge on any atom is -0.450 e. The lowest BCUT2D eigenvalue weighted by Crippen LogP contribution is -2.51. The first-order valence-corrected chi connectivity index (χ1v) is 11.3. The van der Waals surface area contributed by atoms with Gasteiger partial charge in [0.1, 0.15) is 17.3 Å². The fraction of sp³-hybridized carbons (Fsp3) is 0.500. The predicted octanol–water partition coefficient (Wildman–Crippen LogP) is 3.92. The van der Waals surface area contributed by atoms with E-state index in [1.54, 1.807) is 16.7 Å². The summed E-state index contributed by atoms with van der Waals surface area (Å²) < 4.78 is 35.8. The summed E-state index contributed by atoms with van der Waals surface area (Å²) >= 11 is 0. The van der Waals surface area contributed by atoms with Crippen LogP contribution in [0.4, 0.5) is 13.6 Å². The predicted molar refractivity (Wildman–Crippen MR) is 116 cm³/mol. The Hall–Kier alpha value is -2.90. The molecule has 8 heteroatoms. The highest BCUT2D eigenvalue weighted by molar-refractivity contribution is 5.95. The number of nitrogens with zero attached hydrogens (tertiary/aromatic N) is 3. The lowest BCUT2D eigenvalue weighted by atomic mass is 9.95. The Morgan fingerprint density at radius 3 is 2.28 bits per heavy atom. The Labute approximate surface area is 186 Å². The molecule has 1 fully saturated rings. The molecule has 1 aromatic heterocycles. The number of hydrogen-bond donors (Lipinski definition) is 0. The number of ether oxygens (including phenoxy) is 1. The van der Waals surface area contributed by atoms with E-state index in [0.717, 1.165) is 42.5 Å². The fourth-order valence-corrected chi connectivity index (χ4v) is 4.82. The number of amides is 2. The zero-order valence-corrected chi connectivity index (χ0v) is 18.6. The van der Waals surface area contributed by atoms with E-state index < -0.39 is 11.6 Å². The zero-order chi connectivity index (χ0) is 22.8. The Balaban J connectivity index is 1.64. The third-order valence-corrected chi connectivity index (χ3v) is 6.52. The van der Waals surface area contributed by atoms with Crippen LogP contribution in [0, 0.1) is 18.6 Å². The molecule has 6 nitrogen and oxygen atoms in total. The van der Waals surface area contributed by atoms with Gasteiger partial charge in [-0.1, -0.05) is 6.07 Å². The van der Waals surface area contributed by atoms with Crippen LogP contribution < -0.4 is 0 Å². The van der Waals surface area contributed by atoms with Crippen molar-refractivity contribution in [2.75, 3.05) is 32.8 Å². The van der Waals surface area contributed by atoms with Crippen molar-refractivity contribution in [3.8, 4) is 0 Å². The Bertz CT molecular complexity index is 1010. The molecular weight excluding hydrogens is 416 g/mol. The average molecular weight is 446 g/mol. The van der Waals surface area contributed by atoms with E-state index in [1.807, 2.05) is 11.5 Å². The van der Waals surface area contributed by atoms with E-state index in [-0.39, 0.29) is 24.1 Å². The molecule has 0 N–H and O–H groups in total. The van der Waals surface area contributed by atoms with E-state index in [2.05, 4.69) is 0 Å². The molecule has 1 saturated heterocycles. The molecule has 2 aliphatic rings. The first kappa shape index (κ1) is 22.3. The number of carbonyl (C=O) groups is 2. The number of fused-ring (bicyclic) bond motifs is 1. The van der Waals surface area contributed by atoms with Crippen molar-refractivity contribution in [3.63, 3.8) is 0 Å². The van der Waals surface area contributed by atoms with Gasteiger partial charge in [0.2, 0.25) is 0 Å². The number of piperazine rings is 1. The van der Waals surface area contributed by atoms with Gasteiger partial charge in [-0.15, -0.1) is 0 Å². The maximum Gasteiger partial charge on any atom is 0.409 e. The molecule has 0 unspecified atom stereocenters. The second-order valence-corrected chi connectivity index (χ2v) is 8.37. The van der Waals surface area contributed by atoms with Crippen LogP contribution >= 0.6 is 0 Å². The zero-order valence-electron chi connectivity index (χ0n) is 18.6. The molecule has 2 heterocycles. The maximum atomic E-state index is 14.4. The number of rotatable bonds is 4. The molecule has 0 spiro atoms. The highest BCUT2D eigenvalue weighted by Gasteiger charge is 2.32. The molecule has 0 bridgehead atoms. The minimum absolute atomic E-state index is 0.0153. The van der Waals surface area contributed by atoms with E-state index >= 15 is 0 Å².